The van der Waals surface area contributed by atoms with Crippen LogP contribution in [0.4, 0.5) is 5.69 Å². The molecule has 2 heterocycles. The zero-order valence-corrected chi connectivity index (χ0v) is 20.9. The summed E-state index contributed by atoms with van der Waals surface area (Å²) < 4.78 is 2.73. The van der Waals surface area contributed by atoms with Gasteiger partial charge in [-0.3, -0.25) is 24.3 Å². The fraction of sp³-hybridized carbons (Fsp3) is 0.240. The van der Waals surface area contributed by atoms with Gasteiger partial charge in [-0.05, 0) is 41.7 Å². The number of carbonyl (C=O) groups excluding carboxylic acids is 1. The van der Waals surface area contributed by atoms with Gasteiger partial charge in [0.15, 0.2) is 10.6 Å². The molecule has 0 saturated heterocycles. The second-order valence-electron chi connectivity index (χ2n) is 9.25. The summed E-state index contributed by atoms with van der Waals surface area (Å²) in [6.07, 6.45) is 2.55. The van der Waals surface area contributed by atoms with Crippen LogP contribution in [0.15, 0.2) is 74.1 Å². The molecule has 3 aromatic rings. The van der Waals surface area contributed by atoms with E-state index in [1.54, 1.807) is 22.8 Å². The van der Waals surface area contributed by atoms with Crippen molar-refractivity contribution in [3.63, 3.8) is 0 Å². The Kier molecular flexibility index (Phi) is 5.49. The molecule has 1 atom stereocenters. The van der Waals surface area contributed by atoms with Gasteiger partial charge in [-0.2, -0.15) is 0 Å². The van der Waals surface area contributed by atoms with Gasteiger partial charge < -0.3 is 0 Å². The fourth-order valence-corrected chi connectivity index (χ4v) is 6.09. The summed E-state index contributed by atoms with van der Waals surface area (Å²) in [6.45, 7) is 4.09. The Balaban J connectivity index is 1.79. The number of hydrogen-bond donors (Lipinski definition) is 0. The van der Waals surface area contributed by atoms with Crippen LogP contribution in [0.3, 0.4) is 0 Å². The number of nitro benzene ring substituents is 1. The second kappa shape index (κ2) is 8.25. The largest absolute Gasteiger partial charge is 0.294 e. The van der Waals surface area contributed by atoms with E-state index in [1.165, 1.54) is 23.5 Å². The molecule has 7 nitrogen and oxygen atoms in total. The van der Waals surface area contributed by atoms with Gasteiger partial charge in [-0.1, -0.05) is 65.4 Å². The Hall–Kier alpha value is -3.17. The number of benzene rings is 2. The minimum Gasteiger partial charge on any atom is -0.294 e. The van der Waals surface area contributed by atoms with E-state index in [9.17, 15) is 19.7 Å². The highest BCUT2D eigenvalue weighted by Crippen LogP contribution is 2.43. The van der Waals surface area contributed by atoms with Crippen molar-refractivity contribution in [3.05, 3.63) is 105 Å². The average molecular weight is 538 g/mol. The number of para-hydroxylation sites is 1. The monoisotopic (exact) mass is 537 g/mol. The van der Waals surface area contributed by atoms with Crippen molar-refractivity contribution in [1.29, 1.82) is 0 Å². The normalized spacial score (nSPS) is 19.4. The van der Waals surface area contributed by atoms with E-state index in [1.807, 2.05) is 38.1 Å². The smallest absolute Gasteiger partial charge is 0.276 e. The summed E-state index contributed by atoms with van der Waals surface area (Å²) in [4.78, 5) is 43.2. The highest BCUT2D eigenvalue weighted by molar-refractivity contribution is 9.10. The van der Waals surface area contributed by atoms with E-state index in [4.69, 9.17) is 4.99 Å². The SMILES string of the molecule is CC1(C)CC(=O)C2=C(C1)N=c1sc(=Cc3ccccc3[N+](=O)[O-])c(=O)n1C2c1cccc(Br)c1. The maximum atomic E-state index is 13.6. The molecule has 0 N–H and O–H groups in total. The van der Waals surface area contributed by atoms with Crippen LogP contribution in [0.5, 0.6) is 0 Å². The Morgan fingerprint density at radius 3 is 2.68 bits per heavy atom. The lowest BCUT2D eigenvalue weighted by Crippen LogP contribution is -2.42. The number of aromatic nitrogens is 1. The molecule has 0 amide bonds. The van der Waals surface area contributed by atoms with Gasteiger partial charge in [0.2, 0.25) is 0 Å². The van der Waals surface area contributed by atoms with E-state index in [0.29, 0.717) is 39.0 Å². The molecule has 2 aliphatic rings. The molecular weight excluding hydrogens is 518 g/mol. The van der Waals surface area contributed by atoms with Crippen LogP contribution in [0.2, 0.25) is 0 Å². The van der Waals surface area contributed by atoms with E-state index in [2.05, 4.69) is 15.9 Å². The molecule has 1 unspecified atom stereocenters. The van der Waals surface area contributed by atoms with Crippen LogP contribution in [-0.2, 0) is 4.79 Å². The number of thiazole rings is 1. The third-order valence-electron chi connectivity index (χ3n) is 6.08. The summed E-state index contributed by atoms with van der Waals surface area (Å²) >= 11 is 4.69. The third-order valence-corrected chi connectivity index (χ3v) is 7.56. The second-order valence-corrected chi connectivity index (χ2v) is 11.2. The summed E-state index contributed by atoms with van der Waals surface area (Å²) in [5, 5.41) is 11.5. The van der Waals surface area contributed by atoms with Crippen molar-refractivity contribution in [2.45, 2.75) is 32.7 Å². The van der Waals surface area contributed by atoms with Gasteiger partial charge in [0.1, 0.15) is 0 Å². The summed E-state index contributed by atoms with van der Waals surface area (Å²) in [5.41, 5.74) is 1.80. The summed E-state index contributed by atoms with van der Waals surface area (Å²) in [6, 6.07) is 13.3. The number of carbonyl (C=O) groups is 1. The number of rotatable bonds is 3. The number of Topliss-reactive ketones (excluding diaryl/α,β-unsaturated/α-hetero) is 1. The molecule has 172 valence electrons. The minimum atomic E-state index is -0.597. The molecule has 2 aromatic carbocycles. The maximum Gasteiger partial charge on any atom is 0.276 e. The predicted molar refractivity (Wildman–Crippen MR) is 133 cm³/mol. The minimum absolute atomic E-state index is 0.00653. The van der Waals surface area contributed by atoms with Crippen molar-refractivity contribution in [2.24, 2.45) is 10.4 Å². The van der Waals surface area contributed by atoms with E-state index < -0.39 is 11.0 Å². The zero-order valence-electron chi connectivity index (χ0n) is 18.4. The summed E-state index contributed by atoms with van der Waals surface area (Å²) in [7, 11) is 0. The molecule has 0 fully saturated rings. The number of nitrogens with zero attached hydrogens (tertiary/aromatic N) is 3. The predicted octanol–water partition coefficient (Wildman–Crippen LogP) is 4.28. The number of fused-ring (bicyclic) bond motifs is 1. The number of allylic oxidation sites excluding steroid dienone is 2. The molecule has 0 saturated carbocycles. The van der Waals surface area contributed by atoms with E-state index in [0.717, 1.165) is 10.0 Å². The van der Waals surface area contributed by atoms with Crippen molar-refractivity contribution in [3.8, 4) is 0 Å². The Labute approximate surface area is 207 Å². The van der Waals surface area contributed by atoms with Crippen LogP contribution in [0.25, 0.3) is 6.08 Å². The Bertz CT molecular complexity index is 1580. The van der Waals surface area contributed by atoms with Crippen LogP contribution in [0, 0.1) is 15.5 Å². The van der Waals surface area contributed by atoms with Gasteiger partial charge in [0, 0.05) is 22.5 Å². The number of halogens is 1. The fourth-order valence-electron chi connectivity index (χ4n) is 4.66. The first-order valence-electron chi connectivity index (χ1n) is 10.7. The average Bonchev–Trinajstić information content (AvgIpc) is 3.06. The molecular formula is C25H20BrN3O4S. The maximum absolute atomic E-state index is 13.6. The number of nitro groups is 1. The molecule has 34 heavy (non-hydrogen) atoms. The molecule has 0 spiro atoms. The third kappa shape index (κ3) is 3.88. The molecule has 0 bridgehead atoms. The van der Waals surface area contributed by atoms with Gasteiger partial charge >= 0.3 is 0 Å². The van der Waals surface area contributed by atoms with Crippen molar-refractivity contribution in [1.82, 2.24) is 4.57 Å². The lowest BCUT2D eigenvalue weighted by Gasteiger charge is -2.35. The molecule has 0 radical (unpaired) electrons. The number of ketones is 1. The topological polar surface area (TPSA) is 94.6 Å². The van der Waals surface area contributed by atoms with Crippen molar-refractivity contribution < 1.29 is 9.72 Å². The first-order chi connectivity index (χ1) is 16.1. The first kappa shape index (κ1) is 22.6. The number of hydrogen-bond acceptors (Lipinski definition) is 6. The van der Waals surface area contributed by atoms with Gasteiger partial charge in [0.25, 0.3) is 11.2 Å². The quantitative estimate of drug-likeness (QED) is 0.368. The lowest BCUT2D eigenvalue weighted by molar-refractivity contribution is -0.385. The van der Waals surface area contributed by atoms with Crippen molar-refractivity contribution >= 4 is 44.8 Å². The van der Waals surface area contributed by atoms with Gasteiger partial charge in [0.05, 0.1) is 26.8 Å². The Morgan fingerprint density at radius 2 is 1.94 bits per heavy atom. The molecule has 5 rings (SSSR count). The van der Waals surface area contributed by atoms with Crippen LogP contribution in [-0.4, -0.2) is 15.3 Å². The molecule has 1 aliphatic carbocycles. The molecule has 1 aromatic heterocycles. The van der Waals surface area contributed by atoms with Crippen LogP contribution in [0.1, 0.15) is 43.9 Å². The molecule has 1 aliphatic heterocycles. The van der Waals surface area contributed by atoms with Crippen LogP contribution >= 0.6 is 27.3 Å². The first-order valence-corrected chi connectivity index (χ1v) is 12.3. The molecule has 9 heteroatoms. The van der Waals surface area contributed by atoms with Crippen molar-refractivity contribution in [2.75, 3.05) is 0 Å². The zero-order chi connectivity index (χ0) is 24.2. The Morgan fingerprint density at radius 1 is 1.18 bits per heavy atom. The summed E-state index contributed by atoms with van der Waals surface area (Å²) in [5.74, 6) is -0.00653. The highest BCUT2D eigenvalue weighted by atomic mass is 79.9. The standard InChI is InChI=1S/C25H20BrN3O4S/c1-25(2)12-17-21(19(30)13-25)22(15-7-5-8-16(26)10-15)28-23(31)20(34-24(28)27-17)11-14-6-3-4-9-18(14)29(32)33/h3-11,22H,12-13H2,1-2H3. The van der Waals surface area contributed by atoms with Gasteiger partial charge in [-0.25, -0.2) is 4.99 Å². The van der Waals surface area contributed by atoms with E-state index >= 15 is 0 Å². The van der Waals surface area contributed by atoms with Gasteiger partial charge in [-0.15, -0.1) is 0 Å². The highest BCUT2D eigenvalue weighted by Gasteiger charge is 2.40. The van der Waals surface area contributed by atoms with E-state index in [-0.39, 0.29) is 22.4 Å². The van der Waals surface area contributed by atoms with Crippen LogP contribution < -0.4 is 14.9 Å². The lowest BCUT2D eigenvalue weighted by atomic mass is 9.73.